The molecule has 0 fully saturated rings. The molecule has 4 aromatic rings. The number of nitrogens with one attached hydrogen (secondary N) is 1. The third-order valence-corrected chi connectivity index (χ3v) is 4.02. The van der Waals surface area contributed by atoms with E-state index in [1.165, 1.54) is 12.3 Å². The number of carbonyl (C=O) groups excluding carboxylic acids is 1. The van der Waals surface area contributed by atoms with Crippen LogP contribution in [0.25, 0.3) is 22.3 Å². The summed E-state index contributed by atoms with van der Waals surface area (Å²) in [4.78, 5) is 12.1. The van der Waals surface area contributed by atoms with Crippen LogP contribution in [0.3, 0.4) is 0 Å². The lowest BCUT2D eigenvalue weighted by Crippen LogP contribution is -2.23. The summed E-state index contributed by atoms with van der Waals surface area (Å²) in [6.45, 7) is 0.414. The molecular formula is C22H16N2O4. The van der Waals surface area contributed by atoms with Gasteiger partial charge in [-0.3, -0.25) is 4.79 Å². The molecule has 0 radical (unpaired) electrons. The first-order chi connectivity index (χ1) is 13.8. The number of nitrogens with zero attached hydrogens (tertiary/aromatic N) is 1. The largest absolute Gasteiger partial charge is 0.480 e. The molecule has 0 aliphatic rings. The Morgan fingerprint density at radius 3 is 2.82 bits per heavy atom. The molecular weight excluding hydrogens is 356 g/mol. The summed E-state index contributed by atoms with van der Waals surface area (Å²) in [6, 6.07) is 18.9. The van der Waals surface area contributed by atoms with Gasteiger partial charge < -0.3 is 19.0 Å². The average molecular weight is 372 g/mol. The molecule has 2 aromatic heterocycles. The Morgan fingerprint density at radius 1 is 1.04 bits per heavy atom. The summed E-state index contributed by atoms with van der Waals surface area (Å²) in [5.41, 5.74) is 0.167. The van der Waals surface area contributed by atoms with E-state index in [9.17, 15) is 4.79 Å². The van der Waals surface area contributed by atoms with E-state index in [1.54, 1.807) is 12.1 Å². The monoisotopic (exact) mass is 372 g/mol. The van der Waals surface area contributed by atoms with Crippen LogP contribution in [-0.2, 0) is 0 Å². The maximum Gasteiger partial charge on any atom is 0.274 e. The number of hydrogen-bond donors (Lipinski definition) is 1. The third-order valence-electron chi connectivity index (χ3n) is 4.02. The smallest absolute Gasteiger partial charge is 0.274 e. The molecule has 0 unspecified atom stereocenters. The van der Waals surface area contributed by atoms with Gasteiger partial charge in [0.15, 0.2) is 11.5 Å². The number of amides is 1. The summed E-state index contributed by atoms with van der Waals surface area (Å²) in [5, 5.41) is 8.55. The van der Waals surface area contributed by atoms with Gasteiger partial charge in [-0.25, -0.2) is 0 Å². The Hall–Kier alpha value is -3.98. The summed E-state index contributed by atoms with van der Waals surface area (Å²) in [5.74, 6) is 7.06. The van der Waals surface area contributed by atoms with E-state index >= 15 is 0 Å². The lowest BCUT2D eigenvalue weighted by Gasteiger charge is -2.06. The van der Waals surface area contributed by atoms with Crippen molar-refractivity contribution in [2.24, 2.45) is 0 Å². The summed E-state index contributed by atoms with van der Waals surface area (Å²) < 4.78 is 16.0. The van der Waals surface area contributed by atoms with Gasteiger partial charge >= 0.3 is 0 Å². The van der Waals surface area contributed by atoms with Crippen LogP contribution in [0.5, 0.6) is 5.75 Å². The topological polar surface area (TPSA) is 77.5 Å². The highest BCUT2D eigenvalue weighted by molar-refractivity contribution is 5.93. The SMILES string of the molecule is O=C(NCC#CCOc1cccc2ccccc12)c1cc(-c2ccco2)on1. The van der Waals surface area contributed by atoms with Crippen LogP contribution in [0.2, 0.25) is 0 Å². The van der Waals surface area contributed by atoms with Crippen LogP contribution in [0.4, 0.5) is 0 Å². The second kappa shape index (κ2) is 8.14. The van der Waals surface area contributed by atoms with E-state index in [0.29, 0.717) is 11.5 Å². The number of fused-ring (bicyclic) bond motifs is 1. The van der Waals surface area contributed by atoms with Crippen molar-refractivity contribution in [3.05, 3.63) is 72.6 Å². The number of rotatable bonds is 5. The number of hydrogen-bond acceptors (Lipinski definition) is 5. The van der Waals surface area contributed by atoms with Gasteiger partial charge in [0.2, 0.25) is 5.76 Å². The highest BCUT2D eigenvalue weighted by Gasteiger charge is 2.14. The second-order valence-electron chi connectivity index (χ2n) is 5.86. The fourth-order valence-corrected chi connectivity index (χ4v) is 2.68. The third kappa shape index (κ3) is 3.89. The van der Waals surface area contributed by atoms with Gasteiger partial charge in [-0.1, -0.05) is 53.4 Å². The Kier molecular flexibility index (Phi) is 5.07. The quantitative estimate of drug-likeness (QED) is 0.538. The van der Waals surface area contributed by atoms with Gasteiger partial charge in [0.1, 0.15) is 12.4 Å². The van der Waals surface area contributed by atoms with Crippen LogP contribution in [-0.4, -0.2) is 24.2 Å². The van der Waals surface area contributed by atoms with Crippen molar-refractivity contribution in [2.75, 3.05) is 13.2 Å². The van der Waals surface area contributed by atoms with Gasteiger partial charge in [0.05, 0.1) is 12.8 Å². The first-order valence-corrected chi connectivity index (χ1v) is 8.66. The fraction of sp³-hybridized carbons (Fsp3) is 0.0909. The number of benzene rings is 2. The normalized spacial score (nSPS) is 10.3. The number of aromatic nitrogens is 1. The first-order valence-electron chi connectivity index (χ1n) is 8.66. The number of furan rings is 1. The molecule has 28 heavy (non-hydrogen) atoms. The van der Waals surface area contributed by atoms with Crippen LogP contribution in [0.15, 0.2) is 75.9 Å². The average Bonchev–Trinajstić information content (AvgIpc) is 3.42. The van der Waals surface area contributed by atoms with E-state index in [-0.39, 0.29) is 24.8 Å². The molecule has 0 bridgehead atoms. The minimum atomic E-state index is -0.370. The minimum absolute atomic E-state index is 0.167. The van der Waals surface area contributed by atoms with Gasteiger partial charge in [-0.15, -0.1) is 0 Å². The van der Waals surface area contributed by atoms with Gasteiger partial charge in [0.25, 0.3) is 5.91 Å². The molecule has 0 aliphatic carbocycles. The van der Waals surface area contributed by atoms with Crippen molar-refractivity contribution in [2.45, 2.75) is 0 Å². The molecule has 1 N–H and O–H groups in total. The number of carbonyl (C=O) groups is 1. The predicted octanol–water partition coefficient (Wildman–Crippen LogP) is 3.90. The molecule has 0 spiro atoms. The molecule has 2 aromatic carbocycles. The van der Waals surface area contributed by atoms with E-state index in [2.05, 4.69) is 22.3 Å². The molecule has 6 nitrogen and oxygen atoms in total. The summed E-state index contributed by atoms with van der Waals surface area (Å²) in [7, 11) is 0. The zero-order valence-corrected chi connectivity index (χ0v) is 14.8. The van der Waals surface area contributed by atoms with Gasteiger partial charge in [0, 0.05) is 11.5 Å². The van der Waals surface area contributed by atoms with E-state index in [4.69, 9.17) is 13.7 Å². The van der Waals surface area contributed by atoms with E-state index < -0.39 is 0 Å². The molecule has 0 saturated heterocycles. The summed E-state index contributed by atoms with van der Waals surface area (Å²) >= 11 is 0. The number of ether oxygens (including phenoxy) is 1. The zero-order chi connectivity index (χ0) is 19.2. The van der Waals surface area contributed by atoms with Crippen molar-refractivity contribution < 1.29 is 18.5 Å². The standard InChI is InChI=1S/C22H16N2O4/c25-22(18-15-21(28-24-18)20-11-6-14-27-20)23-12-3-4-13-26-19-10-5-8-16-7-1-2-9-17(16)19/h1-2,5-11,14-15H,12-13H2,(H,23,25). The Labute approximate surface area is 161 Å². The predicted molar refractivity (Wildman–Crippen MR) is 104 cm³/mol. The van der Waals surface area contributed by atoms with Crippen molar-refractivity contribution >= 4 is 16.7 Å². The first kappa shape index (κ1) is 17.4. The molecule has 0 saturated carbocycles. The molecule has 0 aliphatic heterocycles. The van der Waals surface area contributed by atoms with E-state index in [0.717, 1.165) is 16.5 Å². The lowest BCUT2D eigenvalue weighted by molar-refractivity contribution is 0.0949. The van der Waals surface area contributed by atoms with Crippen molar-refractivity contribution in [1.82, 2.24) is 10.5 Å². The van der Waals surface area contributed by atoms with Gasteiger partial charge in [-0.2, -0.15) is 0 Å². The molecule has 1 amide bonds. The Morgan fingerprint density at radius 2 is 1.93 bits per heavy atom. The van der Waals surface area contributed by atoms with Crippen molar-refractivity contribution in [1.29, 1.82) is 0 Å². The highest BCUT2D eigenvalue weighted by atomic mass is 16.5. The lowest BCUT2D eigenvalue weighted by atomic mass is 10.1. The van der Waals surface area contributed by atoms with Crippen LogP contribution in [0, 0.1) is 11.8 Å². The van der Waals surface area contributed by atoms with Gasteiger partial charge in [-0.05, 0) is 23.6 Å². The fourth-order valence-electron chi connectivity index (χ4n) is 2.68. The second-order valence-corrected chi connectivity index (χ2v) is 5.86. The Balaban J connectivity index is 1.28. The highest BCUT2D eigenvalue weighted by Crippen LogP contribution is 2.24. The Bertz CT molecular complexity index is 1140. The molecule has 2 heterocycles. The van der Waals surface area contributed by atoms with Crippen LogP contribution in [0.1, 0.15) is 10.5 Å². The van der Waals surface area contributed by atoms with Crippen LogP contribution >= 0.6 is 0 Å². The molecule has 138 valence electrons. The molecule has 4 rings (SSSR count). The molecule has 6 heteroatoms. The van der Waals surface area contributed by atoms with Crippen LogP contribution < -0.4 is 10.1 Å². The zero-order valence-electron chi connectivity index (χ0n) is 14.8. The van der Waals surface area contributed by atoms with Crippen molar-refractivity contribution in [3.8, 4) is 29.1 Å². The summed E-state index contributed by atoms with van der Waals surface area (Å²) in [6.07, 6.45) is 1.52. The van der Waals surface area contributed by atoms with Crippen molar-refractivity contribution in [3.63, 3.8) is 0 Å². The van der Waals surface area contributed by atoms with E-state index in [1.807, 2.05) is 42.5 Å². The maximum atomic E-state index is 12.1. The molecule has 0 atom stereocenters. The minimum Gasteiger partial charge on any atom is -0.480 e. The maximum absolute atomic E-state index is 12.1.